The van der Waals surface area contributed by atoms with Gasteiger partial charge in [0.2, 0.25) is 5.88 Å². The molecule has 2 aromatic rings. The third-order valence-electron chi connectivity index (χ3n) is 3.18. The van der Waals surface area contributed by atoms with E-state index in [2.05, 4.69) is 10.3 Å². The van der Waals surface area contributed by atoms with E-state index in [1.807, 2.05) is 52.0 Å². The van der Waals surface area contributed by atoms with Crippen LogP contribution in [0.5, 0.6) is 5.88 Å². The smallest absolute Gasteiger partial charge is 0.408 e. The van der Waals surface area contributed by atoms with Crippen LogP contribution in [0.15, 0.2) is 30.5 Å². The van der Waals surface area contributed by atoms with Gasteiger partial charge in [0.25, 0.3) is 0 Å². The summed E-state index contributed by atoms with van der Waals surface area (Å²) in [5.74, 6) is 0.573. The maximum atomic E-state index is 11.9. The van der Waals surface area contributed by atoms with Gasteiger partial charge in [0.05, 0.1) is 13.2 Å². The first kappa shape index (κ1) is 16.1. The van der Waals surface area contributed by atoms with Gasteiger partial charge < -0.3 is 14.8 Å². The molecule has 1 atom stereocenters. The minimum absolute atomic E-state index is 0.224. The molecule has 0 aliphatic heterocycles. The van der Waals surface area contributed by atoms with Crippen LogP contribution in [0.3, 0.4) is 0 Å². The number of nitrogens with one attached hydrogen (secondary N) is 1. The van der Waals surface area contributed by atoms with Crippen molar-refractivity contribution in [3.8, 4) is 5.88 Å². The lowest BCUT2D eigenvalue weighted by Crippen LogP contribution is -2.34. The van der Waals surface area contributed by atoms with Gasteiger partial charge in [-0.3, -0.25) is 0 Å². The number of amides is 1. The van der Waals surface area contributed by atoms with Crippen molar-refractivity contribution < 1.29 is 14.3 Å². The summed E-state index contributed by atoms with van der Waals surface area (Å²) in [7, 11) is 1.59. The fourth-order valence-corrected chi connectivity index (χ4v) is 2.26. The van der Waals surface area contributed by atoms with Crippen molar-refractivity contribution >= 4 is 16.9 Å². The van der Waals surface area contributed by atoms with E-state index in [0.717, 1.165) is 16.3 Å². The van der Waals surface area contributed by atoms with Crippen LogP contribution in [0.4, 0.5) is 4.79 Å². The lowest BCUT2D eigenvalue weighted by atomic mass is 10.0. The van der Waals surface area contributed by atoms with Gasteiger partial charge in [0, 0.05) is 17.1 Å². The highest BCUT2D eigenvalue weighted by molar-refractivity contribution is 5.90. The van der Waals surface area contributed by atoms with Crippen LogP contribution >= 0.6 is 0 Å². The average molecular weight is 302 g/mol. The maximum Gasteiger partial charge on any atom is 0.408 e. The van der Waals surface area contributed by atoms with Gasteiger partial charge >= 0.3 is 6.09 Å². The number of hydrogen-bond acceptors (Lipinski definition) is 4. The summed E-state index contributed by atoms with van der Waals surface area (Å²) < 4.78 is 10.6. The summed E-state index contributed by atoms with van der Waals surface area (Å²) in [6.45, 7) is 7.41. The number of methoxy groups -OCH3 is 1. The molecular weight excluding hydrogens is 280 g/mol. The van der Waals surface area contributed by atoms with Crippen LogP contribution in [-0.2, 0) is 4.74 Å². The predicted molar refractivity (Wildman–Crippen MR) is 86.1 cm³/mol. The summed E-state index contributed by atoms with van der Waals surface area (Å²) in [4.78, 5) is 16.2. The largest absolute Gasteiger partial charge is 0.481 e. The zero-order valence-electron chi connectivity index (χ0n) is 13.6. The Bertz CT molecular complexity index is 677. The number of alkyl carbamates (subject to hydrolysis) is 1. The number of ether oxygens (including phenoxy) is 2. The first-order valence-corrected chi connectivity index (χ1v) is 7.23. The minimum atomic E-state index is -0.524. The molecule has 5 heteroatoms. The van der Waals surface area contributed by atoms with Gasteiger partial charge in [-0.2, -0.15) is 0 Å². The normalized spacial score (nSPS) is 12.8. The van der Waals surface area contributed by atoms with Crippen LogP contribution in [0.2, 0.25) is 0 Å². The Balaban J connectivity index is 2.29. The van der Waals surface area contributed by atoms with Crippen molar-refractivity contribution in [1.82, 2.24) is 10.3 Å². The molecule has 1 aromatic heterocycles. The standard InChI is InChI=1S/C17H22N2O3/c1-11(19-16(20)22-17(2,3)4)14-10-18-15(21-5)13-9-7-6-8-12(13)14/h6-11H,1-5H3,(H,19,20). The van der Waals surface area contributed by atoms with Crippen LogP contribution in [0.25, 0.3) is 10.8 Å². The zero-order valence-corrected chi connectivity index (χ0v) is 13.6. The molecule has 1 aromatic carbocycles. The zero-order chi connectivity index (χ0) is 16.3. The van der Waals surface area contributed by atoms with E-state index < -0.39 is 11.7 Å². The minimum Gasteiger partial charge on any atom is -0.481 e. The number of hydrogen-bond donors (Lipinski definition) is 1. The monoisotopic (exact) mass is 302 g/mol. The number of fused-ring (bicyclic) bond motifs is 1. The topological polar surface area (TPSA) is 60.5 Å². The Morgan fingerprint density at radius 1 is 1.23 bits per heavy atom. The third kappa shape index (κ3) is 3.67. The Hall–Kier alpha value is -2.30. The Morgan fingerprint density at radius 2 is 1.86 bits per heavy atom. The second kappa shape index (κ2) is 6.22. The summed E-state index contributed by atoms with van der Waals surface area (Å²) in [6.07, 6.45) is 1.28. The molecule has 1 heterocycles. The predicted octanol–water partition coefficient (Wildman–Crippen LogP) is 3.83. The van der Waals surface area contributed by atoms with Crippen molar-refractivity contribution in [3.63, 3.8) is 0 Å². The van der Waals surface area contributed by atoms with E-state index in [9.17, 15) is 4.79 Å². The molecule has 1 N–H and O–H groups in total. The molecule has 0 radical (unpaired) electrons. The summed E-state index contributed by atoms with van der Waals surface area (Å²) >= 11 is 0. The molecule has 0 saturated heterocycles. The fourth-order valence-electron chi connectivity index (χ4n) is 2.26. The molecule has 0 spiro atoms. The molecule has 5 nitrogen and oxygen atoms in total. The van der Waals surface area contributed by atoms with Gasteiger partial charge in [0.15, 0.2) is 0 Å². The Kier molecular flexibility index (Phi) is 4.54. The van der Waals surface area contributed by atoms with Crippen molar-refractivity contribution in [1.29, 1.82) is 0 Å². The van der Waals surface area contributed by atoms with Crippen molar-refractivity contribution in [2.45, 2.75) is 39.3 Å². The van der Waals surface area contributed by atoms with E-state index in [-0.39, 0.29) is 6.04 Å². The van der Waals surface area contributed by atoms with Gasteiger partial charge in [-0.1, -0.05) is 18.2 Å². The van der Waals surface area contributed by atoms with Crippen LogP contribution < -0.4 is 10.1 Å². The molecule has 2 rings (SSSR count). The second-order valence-corrected chi connectivity index (χ2v) is 6.14. The Morgan fingerprint density at radius 3 is 2.45 bits per heavy atom. The van der Waals surface area contributed by atoms with Crippen LogP contribution in [0.1, 0.15) is 39.3 Å². The van der Waals surface area contributed by atoms with Crippen LogP contribution in [-0.4, -0.2) is 23.8 Å². The number of aromatic nitrogens is 1. The van der Waals surface area contributed by atoms with E-state index in [0.29, 0.717) is 5.88 Å². The van der Waals surface area contributed by atoms with Crippen molar-refractivity contribution in [2.75, 3.05) is 7.11 Å². The van der Waals surface area contributed by atoms with Gasteiger partial charge in [-0.25, -0.2) is 9.78 Å². The lowest BCUT2D eigenvalue weighted by molar-refractivity contribution is 0.0508. The second-order valence-electron chi connectivity index (χ2n) is 6.14. The number of pyridine rings is 1. The number of nitrogens with zero attached hydrogens (tertiary/aromatic N) is 1. The molecule has 1 amide bonds. The van der Waals surface area contributed by atoms with Crippen molar-refractivity contribution in [2.24, 2.45) is 0 Å². The molecule has 0 saturated carbocycles. The molecule has 118 valence electrons. The number of carbonyl (C=O) groups excluding carboxylic acids is 1. The van der Waals surface area contributed by atoms with Crippen LogP contribution in [0, 0.1) is 0 Å². The molecule has 1 unspecified atom stereocenters. The highest BCUT2D eigenvalue weighted by Gasteiger charge is 2.20. The molecular formula is C17H22N2O3. The molecule has 0 aliphatic rings. The molecule has 0 aliphatic carbocycles. The van der Waals surface area contributed by atoms with Gasteiger partial charge in [-0.15, -0.1) is 0 Å². The third-order valence-corrected chi connectivity index (χ3v) is 3.18. The highest BCUT2D eigenvalue weighted by atomic mass is 16.6. The number of carbonyl (C=O) groups is 1. The fraction of sp³-hybridized carbons (Fsp3) is 0.412. The Labute approximate surface area is 130 Å². The van der Waals surface area contributed by atoms with E-state index in [4.69, 9.17) is 9.47 Å². The SMILES string of the molecule is COc1ncc(C(C)NC(=O)OC(C)(C)C)c2ccccc12. The maximum absolute atomic E-state index is 11.9. The van der Waals surface area contributed by atoms with E-state index >= 15 is 0 Å². The summed E-state index contributed by atoms with van der Waals surface area (Å²) in [6, 6.07) is 7.60. The first-order chi connectivity index (χ1) is 10.3. The van der Waals surface area contributed by atoms with Gasteiger partial charge in [-0.05, 0) is 39.1 Å². The highest BCUT2D eigenvalue weighted by Crippen LogP contribution is 2.29. The summed E-state index contributed by atoms with van der Waals surface area (Å²) in [5, 5.41) is 4.76. The summed E-state index contributed by atoms with van der Waals surface area (Å²) in [5.41, 5.74) is 0.395. The first-order valence-electron chi connectivity index (χ1n) is 7.23. The quantitative estimate of drug-likeness (QED) is 0.936. The van der Waals surface area contributed by atoms with E-state index in [1.165, 1.54) is 0 Å². The van der Waals surface area contributed by atoms with Gasteiger partial charge in [0.1, 0.15) is 5.60 Å². The number of rotatable bonds is 3. The van der Waals surface area contributed by atoms with Crippen molar-refractivity contribution in [3.05, 3.63) is 36.0 Å². The van der Waals surface area contributed by atoms with E-state index in [1.54, 1.807) is 13.3 Å². The number of benzene rings is 1. The molecule has 0 bridgehead atoms. The molecule has 22 heavy (non-hydrogen) atoms. The molecule has 0 fully saturated rings. The average Bonchev–Trinajstić information content (AvgIpc) is 2.43. The lowest BCUT2D eigenvalue weighted by Gasteiger charge is -2.22.